The number of rotatable bonds is 4. The number of hydrogen-bond acceptors (Lipinski definition) is 2. The lowest BCUT2D eigenvalue weighted by molar-refractivity contribution is -0.138. The number of piperazine rings is 1. The fourth-order valence-corrected chi connectivity index (χ4v) is 2.90. The van der Waals surface area contributed by atoms with Crippen molar-refractivity contribution in [3.63, 3.8) is 0 Å². The SMILES string of the molecule is Cl.Cl.FC(F)(F)CC[C@@H](c1ccc(I)cc1)N1CCNCC1. The number of halogens is 6. The van der Waals surface area contributed by atoms with Crippen molar-refractivity contribution in [3.05, 3.63) is 33.4 Å². The summed E-state index contributed by atoms with van der Waals surface area (Å²) in [5.74, 6) is 0. The third-order valence-corrected chi connectivity index (χ3v) is 4.27. The van der Waals surface area contributed by atoms with Crippen LogP contribution in [0.3, 0.4) is 0 Å². The Morgan fingerprint density at radius 2 is 1.64 bits per heavy atom. The maximum Gasteiger partial charge on any atom is 0.389 e. The van der Waals surface area contributed by atoms with Crippen LogP contribution >= 0.6 is 47.4 Å². The molecule has 2 nitrogen and oxygen atoms in total. The molecule has 1 aliphatic heterocycles. The molecule has 2 rings (SSSR count). The van der Waals surface area contributed by atoms with Crippen molar-refractivity contribution in [1.29, 1.82) is 0 Å². The van der Waals surface area contributed by atoms with Gasteiger partial charge in [-0.05, 0) is 46.7 Å². The Kier molecular flexibility index (Phi) is 10.3. The van der Waals surface area contributed by atoms with E-state index in [1.165, 1.54) is 0 Å². The van der Waals surface area contributed by atoms with Crippen LogP contribution in [0, 0.1) is 3.57 Å². The van der Waals surface area contributed by atoms with Gasteiger partial charge in [0.1, 0.15) is 0 Å². The molecule has 1 N–H and O–H groups in total. The van der Waals surface area contributed by atoms with Gasteiger partial charge in [0, 0.05) is 42.2 Å². The second kappa shape index (κ2) is 10.2. The molecule has 0 bridgehead atoms. The van der Waals surface area contributed by atoms with Crippen molar-refractivity contribution in [3.8, 4) is 0 Å². The molecular weight excluding hydrogens is 451 g/mol. The van der Waals surface area contributed by atoms with Gasteiger partial charge < -0.3 is 5.32 Å². The predicted octanol–water partition coefficient (Wildman–Crippen LogP) is 4.42. The summed E-state index contributed by atoms with van der Waals surface area (Å²) in [6.45, 7) is 3.28. The van der Waals surface area contributed by atoms with Crippen LogP contribution in [0.15, 0.2) is 24.3 Å². The molecule has 1 aromatic carbocycles. The monoisotopic (exact) mass is 470 g/mol. The highest BCUT2D eigenvalue weighted by Crippen LogP contribution is 2.31. The predicted molar refractivity (Wildman–Crippen MR) is 96.1 cm³/mol. The third-order valence-electron chi connectivity index (χ3n) is 3.55. The third kappa shape index (κ3) is 7.21. The molecule has 22 heavy (non-hydrogen) atoms. The molecule has 0 saturated carbocycles. The highest BCUT2D eigenvalue weighted by molar-refractivity contribution is 14.1. The first-order valence-corrected chi connectivity index (χ1v) is 7.80. The summed E-state index contributed by atoms with van der Waals surface area (Å²) in [4.78, 5) is 2.16. The van der Waals surface area contributed by atoms with E-state index in [1.54, 1.807) is 0 Å². The van der Waals surface area contributed by atoms with E-state index in [2.05, 4.69) is 32.8 Å². The molecule has 1 aromatic rings. The van der Waals surface area contributed by atoms with Crippen LogP contribution in [0.5, 0.6) is 0 Å². The first-order chi connectivity index (χ1) is 9.46. The number of hydrogen-bond donors (Lipinski definition) is 1. The molecule has 0 amide bonds. The van der Waals surface area contributed by atoms with E-state index in [0.717, 1.165) is 35.3 Å². The van der Waals surface area contributed by atoms with E-state index in [-0.39, 0.29) is 37.3 Å². The van der Waals surface area contributed by atoms with Crippen LogP contribution < -0.4 is 5.32 Å². The zero-order valence-electron chi connectivity index (χ0n) is 11.9. The quantitative estimate of drug-likeness (QED) is 0.655. The summed E-state index contributed by atoms with van der Waals surface area (Å²) in [6, 6.07) is 7.67. The first kappa shape index (κ1) is 22.2. The molecule has 0 aliphatic carbocycles. The van der Waals surface area contributed by atoms with E-state index in [1.807, 2.05) is 24.3 Å². The van der Waals surface area contributed by atoms with Gasteiger partial charge in [0.25, 0.3) is 0 Å². The summed E-state index contributed by atoms with van der Waals surface area (Å²) >= 11 is 2.20. The molecule has 1 heterocycles. The lowest BCUT2D eigenvalue weighted by Gasteiger charge is -2.35. The van der Waals surface area contributed by atoms with Crippen molar-refractivity contribution in [1.82, 2.24) is 10.2 Å². The Hall–Kier alpha value is 0.240. The van der Waals surface area contributed by atoms with Crippen LogP contribution in [0.25, 0.3) is 0 Å². The average Bonchev–Trinajstić information content (AvgIpc) is 2.41. The Balaban J connectivity index is 0.00000220. The second-order valence-corrected chi connectivity index (χ2v) is 6.25. The Bertz CT molecular complexity index is 423. The fourth-order valence-electron chi connectivity index (χ4n) is 2.54. The molecule has 8 heteroatoms. The van der Waals surface area contributed by atoms with Crippen molar-refractivity contribution in [2.24, 2.45) is 0 Å². The maximum atomic E-state index is 12.5. The van der Waals surface area contributed by atoms with Crippen LogP contribution in [-0.2, 0) is 0 Å². The topological polar surface area (TPSA) is 15.3 Å². The van der Waals surface area contributed by atoms with Crippen molar-refractivity contribution < 1.29 is 13.2 Å². The molecule has 128 valence electrons. The van der Waals surface area contributed by atoms with E-state index in [0.29, 0.717) is 0 Å². The van der Waals surface area contributed by atoms with E-state index >= 15 is 0 Å². The minimum absolute atomic E-state index is 0. The average molecular weight is 471 g/mol. The van der Waals surface area contributed by atoms with Crippen molar-refractivity contribution >= 4 is 47.4 Å². The van der Waals surface area contributed by atoms with Gasteiger partial charge in [-0.3, -0.25) is 4.90 Å². The van der Waals surface area contributed by atoms with Crippen molar-refractivity contribution in [2.75, 3.05) is 26.2 Å². The van der Waals surface area contributed by atoms with E-state index < -0.39 is 12.6 Å². The largest absolute Gasteiger partial charge is 0.389 e. The Morgan fingerprint density at radius 1 is 1.09 bits per heavy atom. The van der Waals surface area contributed by atoms with Gasteiger partial charge in [-0.1, -0.05) is 12.1 Å². The summed E-state index contributed by atoms with van der Waals surface area (Å²) in [6.07, 6.45) is -4.69. The zero-order valence-corrected chi connectivity index (χ0v) is 15.7. The number of alkyl halides is 3. The second-order valence-electron chi connectivity index (χ2n) is 5.01. The van der Waals surface area contributed by atoms with Gasteiger partial charge >= 0.3 is 6.18 Å². The van der Waals surface area contributed by atoms with Gasteiger partial charge in [0.15, 0.2) is 0 Å². The first-order valence-electron chi connectivity index (χ1n) is 6.73. The van der Waals surface area contributed by atoms with Crippen LogP contribution in [0.2, 0.25) is 0 Å². The standard InChI is InChI=1S/C14H18F3IN2.2ClH/c15-14(16,17)6-5-13(20-9-7-19-8-10-20)11-1-3-12(18)4-2-11;;/h1-4,13,19H,5-10H2;2*1H/t13-;;/m0../s1. The highest BCUT2D eigenvalue weighted by Gasteiger charge is 2.31. The summed E-state index contributed by atoms with van der Waals surface area (Å²) < 4.78 is 38.7. The lowest BCUT2D eigenvalue weighted by atomic mass is 9.99. The number of nitrogens with zero attached hydrogens (tertiary/aromatic N) is 1. The van der Waals surface area contributed by atoms with Gasteiger partial charge in [-0.25, -0.2) is 0 Å². The molecule has 0 spiro atoms. The van der Waals surface area contributed by atoms with E-state index in [4.69, 9.17) is 0 Å². The zero-order chi connectivity index (χ0) is 14.6. The molecular formula is C14H20Cl2F3IN2. The molecule has 1 atom stereocenters. The fraction of sp³-hybridized carbons (Fsp3) is 0.571. The van der Waals surface area contributed by atoms with Gasteiger partial charge in [0.2, 0.25) is 0 Å². The summed E-state index contributed by atoms with van der Waals surface area (Å²) in [5.41, 5.74) is 0.983. The van der Waals surface area contributed by atoms with Crippen molar-refractivity contribution in [2.45, 2.75) is 25.1 Å². The summed E-state index contributed by atoms with van der Waals surface area (Å²) in [5, 5.41) is 3.24. The van der Waals surface area contributed by atoms with E-state index in [9.17, 15) is 13.2 Å². The molecule has 0 radical (unpaired) electrons. The number of nitrogens with one attached hydrogen (secondary N) is 1. The molecule has 0 aromatic heterocycles. The number of benzene rings is 1. The molecule has 0 unspecified atom stereocenters. The smallest absolute Gasteiger partial charge is 0.314 e. The molecule has 1 aliphatic rings. The maximum absolute atomic E-state index is 12.5. The Morgan fingerprint density at radius 3 is 2.14 bits per heavy atom. The van der Waals surface area contributed by atoms with Gasteiger partial charge in [-0.15, -0.1) is 24.8 Å². The molecule has 1 saturated heterocycles. The normalized spacial score (nSPS) is 17.3. The van der Waals surface area contributed by atoms with Crippen LogP contribution in [-0.4, -0.2) is 37.3 Å². The lowest BCUT2D eigenvalue weighted by Crippen LogP contribution is -2.45. The van der Waals surface area contributed by atoms with Crippen LogP contribution in [0.4, 0.5) is 13.2 Å². The minimum atomic E-state index is -4.09. The Labute approximate surface area is 155 Å². The highest BCUT2D eigenvalue weighted by atomic mass is 127. The van der Waals surface area contributed by atoms with Gasteiger partial charge in [0.05, 0.1) is 0 Å². The summed E-state index contributed by atoms with van der Waals surface area (Å²) in [7, 11) is 0. The van der Waals surface area contributed by atoms with Gasteiger partial charge in [-0.2, -0.15) is 13.2 Å². The van der Waals surface area contributed by atoms with Crippen LogP contribution in [0.1, 0.15) is 24.4 Å². The molecule has 1 fully saturated rings. The minimum Gasteiger partial charge on any atom is -0.314 e.